The quantitative estimate of drug-likeness (QED) is 0.301. The minimum absolute atomic E-state index is 0.309. The lowest BCUT2D eigenvalue weighted by atomic mass is 9.94. The summed E-state index contributed by atoms with van der Waals surface area (Å²) in [6.45, 7) is 12.1. The van der Waals surface area contributed by atoms with Gasteiger partial charge in [0.1, 0.15) is 11.6 Å². The van der Waals surface area contributed by atoms with Gasteiger partial charge < -0.3 is 27.4 Å². The van der Waals surface area contributed by atoms with Crippen LogP contribution in [0.4, 0.5) is 17.3 Å². The van der Waals surface area contributed by atoms with Gasteiger partial charge in [-0.3, -0.25) is 0 Å². The number of anilines is 3. The van der Waals surface area contributed by atoms with Gasteiger partial charge in [0.25, 0.3) is 0 Å². The number of aryl methyl sites for hydroxylation is 1. The van der Waals surface area contributed by atoms with Crippen molar-refractivity contribution in [2.75, 3.05) is 29.5 Å². The summed E-state index contributed by atoms with van der Waals surface area (Å²) >= 11 is 6.70. The first kappa shape index (κ1) is 26.5. The molecule has 1 aliphatic rings. The highest BCUT2D eigenvalue weighted by Crippen LogP contribution is 2.37. The Morgan fingerprint density at radius 2 is 2.03 bits per heavy atom. The van der Waals surface area contributed by atoms with Gasteiger partial charge in [-0.2, -0.15) is 0 Å². The number of halogens is 1. The molecule has 2 aromatic heterocycles. The van der Waals surface area contributed by atoms with Crippen molar-refractivity contribution in [1.29, 1.82) is 0 Å². The Morgan fingerprint density at radius 1 is 1.23 bits per heavy atom. The third-order valence-corrected chi connectivity index (χ3v) is 6.25. The number of rotatable bonds is 7. The van der Waals surface area contributed by atoms with Crippen molar-refractivity contribution in [3.05, 3.63) is 82.6 Å². The molecule has 0 saturated carbocycles. The van der Waals surface area contributed by atoms with Crippen LogP contribution in [0.15, 0.2) is 55.4 Å². The van der Waals surface area contributed by atoms with Crippen molar-refractivity contribution in [3.8, 4) is 0 Å². The lowest BCUT2D eigenvalue weighted by molar-refractivity contribution is 0.479. The highest BCUT2D eigenvalue weighted by molar-refractivity contribution is 6.31. The number of nitrogens with two attached hydrogens (primary N) is 2. The summed E-state index contributed by atoms with van der Waals surface area (Å²) in [5, 5.41) is 10.8. The molecular weight excluding hydrogens is 458 g/mol. The fraction of sp³-hybridized carbons (Fsp3) is 0.333. The zero-order valence-corrected chi connectivity index (χ0v) is 21.5. The predicted molar refractivity (Wildman–Crippen MR) is 149 cm³/mol. The van der Waals surface area contributed by atoms with Crippen LogP contribution in [0.1, 0.15) is 55.0 Å². The molecule has 7 N–H and O–H groups in total. The molecule has 4 rings (SSSR count). The van der Waals surface area contributed by atoms with Gasteiger partial charge in [-0.05, 0) is 61.2 Å². The van der Waals surface area contributed by atoms with Gasteiger partial charge in [-0.25, -0.2) is 9.97 Å². The second-order valence-corrected chi connectivity index (χ2v) is 8.74. The first-order valence-corrected chi connectivity index (χ1v) is 12.5. The van der Waals surface area contributed by atoms with Crippen LogP contribution in [0.25, 0.3) is 5.70 Å². The zero-order chi connectivity index (χ0) is 25.4. The molecule has 0 radical (unpaired) electrons. The van der Waals surface area contributed by atoms with Crippen molar-refractivity contribution in [2.45, 2.75) is 45.7 Å². The SMILES string of the molecule is C=C(Nc1ccccn1)c1ccc(C(N)c2c(N)ncc(C)c2NC2CCCNC2)c(Cl)c1.CC. The largest absolute Gasteiger partial charge is 0.383 e. The number of hydrogen-bond donors (Lipinski definition) is 5. The maximum absolute atomic E-state index is 6.73. The number of piperidine rings is 1. The van der Waals surface area contributed by atoms with Gasteiger partial charge in [0.05, 0.1) is 6.04 Å². The van der Waals surface area contributed by atoms with E-state index >= 15 is 0 Å². The monoisotopic (exact) mass is 493 g/mol. The maximum Gasteiger partial charge on any atom is 0.130 e. The summed E-state index contributed by atoms with van der Waals surface area (Å²) < 4.78 is 0. The van der Waals surface area contributed by atoms with E-state index in [4.69, 9.17) is 23.1 Å². The molecule has 0 bridgehead atoms. The number of benzene rings is 1. The third kappa shape index (κ3) is 6.51. The van der Waals surface area contributed by atoms with Gasteiger partial charge in [-0.15, -0.1) is 0 Å². The topological polar surface area (TPSA) is 114 Å². The molecule has 7 nitrogen and oxygen atoms in total. The van der Waals surface area contributed by atoms with E-state index in [2.05, 4.69) is 32.5 Å². The maximum atomic E-state index is 6.73. The van der Waals surface area contributed by atoms with Gasteiger partial charge >= 0.3 is 0 Å². The minimum atomic E-state index is -0.532. The van der Waals surface area contributed by atoms with Crippen LogP contribution in [-0.2, 0) is 0 Å². The average molecular weight is 494 g/mol. The normalized spacial score (nSPS) is 16.0. The van der Waals surface area contributed by atoms with Gasteiger partial charge in [0.2, 0.25) is 0 Å². The van der Waals surface area contributed by atoms with Crippen molar-refractivity contribution in [2.24, 2.45) is 5.73 Å². The molecule has 35 heavy (non-hydrogen) atoms. The van der Waals surface area contributed by atoms with Crippen molar-refractivity contribution in [3.63, 3.8) is 0 Å². The molecule has 8 heteroatoms. The lowest BCUT2D eigenvalue weighted by Crippen LogP contribution is -2.39. The van der Waals surface area contributed by atoms with E-state index in [9.17, 15) is 0 Å². The molecule has 0 spiro atoms. The molecule has 1 fully saturated rings. The zero-order valence-electron chi connectivity index (χ0n) is 20.7. The Bertz CT molecular complexity index is 1130. The first-order chi connectivity index (χ1) is 16.9. The molecule has 1 aromatic carbocycles. The number of hydrogen-bond acceptors (Lipinski definition) is 7. The highest BCUT2D eigenvalue weighted by Gasteiger charge is 2.24. The molecule has 3 heterocycles. The van der Waals surface area contributed by atoms with Crippen LogP contribution in [0.3, 0.4) is 0 Å². The van der Waals surface area contributed by atoms with Crippen molar-refractivity contribution in [1.82, 2.24) is 15.3 Å². The Balaban J connectivity index is 0.00000167. The summed E-state index contributed by atoms with van der Waals surface area (Å²) in [6.07, 6.45) is 5.72. The van der Waals surface area contributed by atoms with E-state index in [1.54, 1.807) is 12.4 Å². The Hall–Kier alpha value is -3.13. The molecule has 0 aliphatic carbocycles. The second-order valence-electron chi connectivity index (χ2n) is 8.34. The summed E-state index contributed by atoms with van der Waals surface area (Å²) in [6, 6.07) is 11.1. The second kappa shape index (κ2) is 12.5. The average Bonchev–Trinajstić information content (AvgIpc) is 2.88. The van der Waals surface area contributed by atoms with Gasteiger partial charge in [0.15, 0.2) is 0 Å². The van der Waals surface area contributed by atoms with E-state index < -0.39 is 6.04 Å². The van der Waals surface area contributed by atoms with E-state index in [1.165, 1.54) is 0 Å². The number of nitrogens with one attached hydrogen (secondary N) is 3. The van der Waals surface area contributed by atoms with E-state index in [1.807, 2.05) is 57.2 Å². The van der Waals surface area contributed by atoms with Crippen molar-refractivity contribution < 1.29 is 0 Å². The van der Waals surface area contributed by atoms with Crippen molar-refractivity contribution >= 4 is 34.6 Å². The summed E-state index contributed by atoms with van der Waals surface area (Å²) in [5.41, 5.74) is 18.1. The molecule has 186 valence electrons. The highest BCUT2D eigenvalue weighted by atomic mass is 35.5. The van der Waals surface area contributed by atoms with Gasteiger partial charge in [0, 0.05) is 47.0 Å². The number of nitrogens with zero attached hydrogens (tertiary/aromatic N) is 2. The number of nitrogen functional groups attached to an aromatic ring is 1. The smallest absolute Gasteiger partial charge is 0.130 e. The third-order valence-electron chi connectivity index (χ3n) is 5.92. The van der Waals surface area contributed by atoms with Crippen LogP contribution < -0.4 is 27.4 Å². The molecule has 1 aliphatic heterocycles. The Labute approximate surface area is 213 Å². The van der Waals surface area contributed by atoms with Crippen LogP contribution in [0.5, 0.6) is 0 Å². The van der Waals surface area contributed by atoms with Crippen LogP contribution in [0.2, 0.25) is 5.02 Å². The van der Waals surface area contributed by atoms with Gasteiger partial charge in [-0.1, -0.05) is 50.2 Å². The van der Waals surface area contributed by atoms with E-state index in [0.29, 0.717) is 28.4 Å². The molecule has 2 unspecified atom stereocenters. The Kier molecular flexibility index (Phi) is 9.48. The number of pyridine rings is 2. The van der Waals surface area contributed by atoms with E-state index in [0.717, 1.165) is 53.9 Å². The standard InChI is InChI=1S/C25H30ClN7.C2H6/c1-15-13-31-25(28)22(24(15)33-18-6-5-10-29-14-18)23(27)19-9-8-17(12-20(19)26)16(2)32-21-7-3-4-11-30-21;1-2/h3-4,7-9,11-13,18,23,29H,2,5-6,10,14,27H2,1H3,(H,30,32)(H3,28,31,33);1-2H3. The lowest BCUT2D eigenvalue weighted by Gasteiger charge is -2.29. The molecule has 2 atom stereocenters. The minimum Gasteiger partial charge on any atom is -0.383 e. The molecule has 0 amide bonds. The number of aromatic nitrogens is 2. The van der Waals surface area contributed by atoms with E-state index in [-0.39, 0.29) is 0 Å². The molecular formula is C27H36ClN7. The van der Waals surface area contributed by atoms with Crippen LogP contribution >= 0.6 is 11.6 Å². The summed E-state index contributed by atoms with van der Waals surface area (Å²) in [4.78, 5) is 8.64. The molecule has 3 aromatic rings. The predicted octanol–water partition coefficient (Wildman–Crippen LogP) is 5.34. The Morgan fingerprint density at radius 3 is 2.69 bits per heavy atom. The summed E-state index contributed by atoms with van der Waals surface area (Å²) in [7, 11) is 0. The fourth-order valence-electron chi connectivity index (χ4n) is 4.11. The fourth-order valence-corrected chi connectivity index (χ4v) is 4.41. The van der Waals surface area contributed by atoms with Crippen LogP contribution in [-0.4, -0.2) is 29.1 Å². The molecule has 1 saturated heterocycles. The summed E-state index contributed by atoms with van der Waals surface area (Å²) in [5.74, 6) is 1.12. The first-order valence-electron chi connectivity index (χ1n) is 12.1. The van der Waals surface area contributed by atoms with Crippen LogP contribution in [0, 0.1) is 6.92 Å².